The number of hydrogen-bond acceptors (Lipinski definition) is 2. The first-order chi connectivity index (χ1) is 10.4. The Morgan fingerprint density at radius 1 is 1.18 bits per heavy atom. The zero-order valence-electron chi connectivity index (χ0n) is 13.7. The minimum Gasteiger partial charge on any atom is -0.342 e. The second kappa shape index (κ2) is 5.13. The van der Waals surface area contributed by atoms with E-state index in [1.807, 2.05) is 19.1 Å². The van der Waals surface area contributed by atoms with Gasteiger partial charge in [0.2, 0.25) is 0 Å². The minimum atomic E-state index is -0.0433. The molecule has 0 N–H and O–H groups in total. The molecule has 1 aliphatic rings. The van der Waals surface area contributed by atoms with Crippen LogP contribution >= 0.6 is 0 Å². The average molecular weight is 295 g/mol. The van der Waals surface area contributed by atoms with Gasteiger partial charge in [0.15, 0.2) is 0 Å². The lowest BCUT2D eigenvalue weighted by molar-refractivity contribution is -0.124. The molecule has 0 spiro atoms. The molecule has 0 atom stereocenters. The quantitative estimate of drug-likeness (QED) is 0.777. The molecule has 0 bridgehead atoms. The molecule has 4 nitrogen and oxygen atoms in total. The second-order valence-corrected chi connectivity index (χ2v) is 6.05. The van der Waals surface area contributed by atoms with Crippen LogP contribution in [0.2, 0.25) is 0 Å². The molecule has 1 aromatic heterocycles. The smallest absolute Gasteiger partial charge is 0.275 e. The first kappa shape index (κ1) is 14.6. The number of amides is 1. The third-order valence-electron chi connectivity index (χ3n) is 4.22. The van der Waals surface area contributed by atoms with Crippen molar-refractivity contribution in [1.29, 1.82) is 0 Å². The van der Waals surface area contributed by atoms with Gasteiger partial charge in [0.25, 0.3) is 5.91 Å². The summed E-state index contributed by atoms with van der Waals surface area (Å²) in [6.45, 7) is 8.35. The molecule has 2 heterocycles. The van der Waals surface area contributed by atoms with Crippen molar-refractivity contribution in [1.82, 2.24) is 9.58 Å². The largest absolute Gasteiger partial charge is 0.342 e. The summed E-state index contributed by atoms with van der Waals surface area (Å²) < 4.78 is 2.32. The van der Waals surface area contributed by atoms with Crippen LogP contribution in [0.1, 0.15) is 38.1 Å². The highest BCUT2D eigenvalue weighted by atomic mass is 16.2. The summed E-state index contributed by atoms with van der Waals surface area (Å²) in [4.78, 5) is 12.2. The molecule has 3 rings (SSSR count). The van der Waals surface area contributed by atoms with E-state index < -0.39 is 0 Å². The summed E-state index contributed by atoms with van der Waals surface area (Å²) in [5.41, 5.74) is 4.94. The number of aromatic nitrogens is 1. The summed E-state index contributed by atoms with van der Waals surface area (Å²) in [7, 11) is 1.69. The molecule has 0 saturated carbocycles. The number of hydrogen-bond donors (Lipinski definition) is 0. The van der Waals surface area contributed by atoms with Gasteiger partial charge >= 0.3 is 0 Å². The Bertz CT molecular complexity index is 824. The number of nitrogens with zero attached hydrogens (tertiary/aromatic N) is 3. The van der Waals surface area contributed by atoms with Crippen molar-refractivity contribution in [3.05, 3.63) is 41.1 Å². The van der Waals surface area contributed by atoms with Crippen LogP contribution < -0.4 is 0 Å². The minimum absolute atomic E-state index is 0.0433. The topological polar surface area (TPSA) is 37.6 Å². The highest BCUT2D eigenvalue weighted by Gasteiger charge is 2.25. The first-order valence-corrected chi connectivity index (χ1v) is 7.56. The number of carbonyl (C=O) groups excluding carboxylic acids is 1. The van der Waals surface area contributed by atoms with E-state index in [4.69, 9.17) is 0 Å². The van der Waals surface area contributed by atoms with Crippen LogP contribution in [0.4, 0.5) is 0 Å². The van der Waals surface area contributed by atoms with Crippen molar-refractivity contribution in [2.24, 2.45) is 5.10 Å². The van der Waals surface area contributed by atoms with Crippen LogP contribution in [-0.4, -0.2) is 28.2 Å². The molecular weight excluding hydrogens is 274 g/mol. The summed E-state index contributed by atoms with van der Waals surface area (Å²) >= 11 is 0. The molecule has 0 aliphatic carbocycles. The molecule has 0 fully saturated rings. The molecule has 1 amide bonds. The summed E-state index contributed by atoms with van der Waals surface area (Å²) in [6.07, 6.45) is 1.99. The number of likely N-dealkylation sites (N-methyl/N-ethyl adjacent to an activating group) is 1. The predicted molar refractivity (Wildman–Crippen MR) is 90.9 cm³/mol. The molecule has 114 valence electrons. The Labute approximate surface area is 130 Å². The number of benzene rings is 1. The summed E-state index contributed by atoms with van der Waals surface area (Å²) in [6, 6.07) is 8.71. The van der Waals surface area contributed by atoms with E-state index in [2.05, 4.69) is 48.6 Å². The van der Waals surface area contributed by atoms with Crippen LogP contribution in [-0.2, 0) is 4.79 Å². The standard InChI is InChI=1S/C18H21N3O/c1-11(2)21-13(4)16(14-8-6-7-9-17(14)21)10-15-12(3)19-20(5)18(15)22/h6-11H,1-5H3. The first-order valence-electron chi connectivity index (χ1n) is 7.56. The van der Waals surface area contributed by atoms with E-state index in [9.17, 15) is 4.79 Å². The van der Waals surface area contributed by atoms with Gasteiger partial charge < -0.3 is 4.57 Å². The molecule has 0 saturated heterocycles. The maximum atomic E-state index is 12.2. The van der Waals surface area contributed by atoms with Crippen LogP contribution in [0.3, 0.4) is 0 Å². The lowest BCUT2D eigenvalue weighted by atomic mass is 10.0. The Morgan fingerprint density at radius 3 is 2.45 bits per heavy atom. The van der Waals surface area contributed by atoms with Gasteiger partial charge in [-0.2, -0.15) is 5.10 Å². The highest BCUT2D eigenvalue weighted by molar-refractivity contribution is 6.27. The predicted octanol–water partition coefficient (Wildman–Crippen LogP) is 3.76. The van der Waals surface area contributed by atoms with Gasteiger partial charge in [-0.15, -0.1) is 0 Å². The Hall–Kier alpha value is -2.36. The number of carbonyl (C=O) groups is 1. The average Bonchev–Trinajstić information content (AvgIpc) is 2.88. The van der Waals surface area contributed by atoms with E-state index in [0.717, 1.165) is 11.3 Å². The molecule has 1 aromatic carbocycles. The maximum absolute atomic E-state index is 12.2. The Kier molecular flexibility index (Phi) is 3.39. The normalized spacial score (nSPS) is 17.2. The van der Waals surface area contributed by atoms with E-state index in [0.29, 0.717) is 11.6 Å². The van der Waals surface area contributed by atoms with Crippen LogP contribution in [0.5, 0.6) is 0 Å². The number of hydrazone groups is 1. The van der Waals surface area contributed by atoms with Crippen molar-refractivity contribution in [3.63, 3.8) is 0 Å². The zero-order chi connectivity index (χ0) is 16.0. The third kappa shape index (κ3) is 2.06. The fourth-order valence-corrected chi connectivity index (χ4v) is 3.23. The van der Waals surface area contributed by atoms with Gasteiger partial charge in [0.05, 0.1) is 11.3 Å². The fraction of sp³-hybridized carbons (Fsp3) is 0.333. The number of rotatable bonds is 2. The van der Waals surface area contributed by atoms with Gasteiger partial charge in [-0.05, 0) is 39.8 Å². The maximum Gasteiger partial charge on any atom is 0.275 e. The van der Waals surface area contributed by atoms with Crippen LogP contribution in [0.15, 0.2) is 34.9 Å². The summed E-state index contributed by atoms with van der Waals surface area (Å²) in [5, 5.41) is 6.80. The van der Waals surface area contributed by atoms with Crippen molar-refractivity contribution >= 4 is 28.6 Å². The second-order valence-electron chi connectivity index (χ2n) is 6.05. The van der Waals surface area contributed by atoms with E-state index >= 15 is 0 Å². The zero-order valence-corrected chi connectivity index (χ0v) is 13.7. The Balaban J connectivity index is 2.27. The fourth-order valence-electron chi connectivity index (χ4n) is 3.23. The van der Waals surface area contributed by atoms with Crippen LogP contribution in [0.25, 0.3) is 17.0 Å². The monoisotopic (exact) mass is 295 g/mol. The lowest BCUT2D eigenvalue weighted by Gasteiger charge is -2.12. The molecule has 1 aliphatic heterocycles. The number of fused-ring (bicyclic) bond motifs is 1. The molecule has 22 heavy (non-hydrogen) atoms. The van der Waals surface area contributed by atoms with Gasteiger partial charge in [-0.1, -0.05) is 18.2 Å². The van der Waals surface area contributed by atoms with Gasteiger partial charge in [0, 0.05) is 35.2 Å². The van der Waals surface area contributed by atoms with Crippen LogP contribution in [0, 0.1) is 6.92 Å². The SMILES string of the molecule is CC1=NN(C)C(=O)C1=Cc1c(C)n(C(C)C)c2ccccc12. The van der Waals surface area contributed by atoms with Crippen molar-refractivity contribution in [2.45, 2.75) is 33.7 Å². The molecule has 2 aromatic rings. The van der Waals surface area contributed by atoms with E-state index in [-0.39, 0.29) is 5.91 Å². The molecular formula is C18H21N3O. The number of para-hydroxylation sites is 1. The summed E-state index contributed by atoms with van der Waals surface area (Å²) in [5.74, 6) is -0.0433. The molecule has 4 heteroatoms. The molecule has 0 unspecified atom stereocenters. The molecule has 0 radical (unpaired) electrons. The van der Waals surface area contributed by atoms with Crippen molar-refractivity contribution < 1.29 is 4.79 Å². The van der Waals surface area contributed by atoms with E-state index in [1.165, 1.54) is 21.6 Å². The van der Waals surface area contributed by atoms with Crippen molar-refractivity contribution in [3.8, 4) is 0 Å². The van der Waals surface area contributed by atoms with Crippen molar-refractivity contribution in [2.75, 3.05) is 7.05 Å². The van der Waals surface area contributed by atoms with Gasteiger partial charge in [0.1, 0.15) is 0 Å². The highest BCUT2D eigenvalue weighted by Crippen LogP contribution is 2.31. The van der Waals surface area contributed by atoms with Gasteiger partial charge in [-0.25, -0.2) is 5.01 Å². The van der Waals surface area contributed by atoms with E-state index in [1.54, 1.807) is 7.05 Å². The Morgan fingerprint density at radius 2 is 1.86 bits per heavy atom. The van der Waals surface area contributed by atoms with Gasteiger partial charge in [-0.3, -0.25) is 4.79 Å². The third-order valence-corrected chi connectivity index (χ3v) is 4.22. The lowest BCUT2D eigenvalue weighted by Crippen LogP contribution is -2.16.